The van der Waals surface area contributed by atoms with Crippen LogP contribution in [0.15, 0.2) is 0 Å². The van der Waals surface area contributed by atoms with Crippen LogP contribution >= 0.6 is 9.47 Å². The molecule has 0 amide bonds. The number of rotatable bonds is 6. The number of carbonyl (C=O) groups excluding carboxylic acids is 2. The third-order valence-corrected chi connectivity index (χ3v) is 2.00. The molecule has 0 rings (SSSR count). The summed E-state index contributed by atoms with van der Waals surface area (Å²) in [6.07, 6.45) is -2.45. The molecule has 0 aliphatic heterocycles. The molecule has 2 N–H and O–H groups in total. The molecule has 0 radical (unpaired) electrons. The van der Waals surface area contributed by atoms with Crippen LogP contribution in [0.3, 0.4) is 0 Å². The van der Waals surface area contributed by atoms with Crippen LogP contribution in [0.5, 0.6) is 0 Å². The summed E-state index contributed by atoms with van der Waals surface area (Å²) in [7, 11) is 1.76. The number of ketones is 1. The molecule has 0 aromatic rings. The Bertz CT molecular complexity index is 264. The average Bonchev–Trinajstić information content (AvgIpc) is 2.15. The number of carbonyl (C=O) groups is 3. The van der Waals surface area contributed by atoms with Crippen LogP contribution in [0, 0.1) is 5.92 Å². The van der Waals surface area contributed by atoms with E-state index in [1.54, 1.807) is 9.47 Å². The highest BCUT2D eigenvalue weighted by Crippen LogP contribution is 2.10. The summed E-state index contributed by atoms with van der Waals surface area (Å²) in [6.45, 7) is 1.46. The molecule has 0 saturated carbocycles. The first-order chi connectivity index (χ1) is 6.88. The number of carboxylic acids is 1. The lowest BCUT2D eigenvalue weighted by atomic mass is 10.0. The van der Waals surface area contributed by atoms with Crippen molar-refractivity contribution in [1.82, 2.24) is 0 Å². The fourth-order valence-corrected chi connectivity index (χ4v) is 1.15. The molecule has 0 aromatic carbocycles. The highest BCUT2D eigenvalue weighted by Gasteiger charge is 2.24. The Balaban J connectivity index is 4.12. The molecule has 0 spiro atoms. The third-order valence-electron chi connectivity index (χ3n) is 1.77. The van der Waals surface area contributed by atoms with Gasteiger partial charge < -0.3 is 14.7 Å². The van der Waals surface area contributed by atoms with E-state index in [0.29, 0.717) is 0 Å². The summed E-state index contributed by atoms with van der Waals surface area (Å²) >= 11 is 0. The number of aliphatic hydroxyl groups is 1. The number of aliphatic hydroxyl groups excluding tert-OH is 1. The zero-order chi connectivity index (χ0) is 12.0. The van der Waals surface area contributed by atoms with Crippen molar-refractivity contribution in [3.63, 3.8) is 0 Å². The summed E-state index contributed by atoms with van der Waals surface area (Å²) in [4.78, 5) is 32.3. The van der Waals surface area contributed by atoms with Crippen molar-refractivity contribution < 1.29 is 29.1 Å². The van der Waals surface area contributed by atoms with Crippen LogP contribution in [-0.2, 0) is 18.9 Å². The lowest BCUT2D eigenvalue weighted by molar-refractivity contribution is -0.144. The third kappa shape index (κ3) is 5.44. The number of aliphatic carboxylic acids is 1. The van der Waals surface area contributed by atoms with Crippen LogP contribution in [0.25, 0.3) is 0 Å². The average molecular weight is 236 g/mol. The molecule has 0 aliphatic carbocycles. The number of hydrogen-bond acceptors (Lipinski definition) is 5. The van der Waals surface area contributed by atoms with Crippen LogP contribution in [0.2, 0.25) is 0 Å². The smallest absolute Gasteiger partial charge is 0.311 e. The van der Waals surface area contributed by atoms with Crippen molar-refractivity contribution in [2.24, 2.45) is 5.92 Å². The Morgan fingerprint density at radius 2 is 1.87 bits per heavy atom. The van der Waals surface area contributed by atoms with Gasteiger partial charge in [-0.1, -0.05) is 6.92 Å². The van der Waals surface area contributed by atoms with E-state index in [-0.39, 0.29) is 6.42 Å². The van der Waals surface area contributed by atoms with Crippen molar-refractivity contribution in [3.05, 3.63) is 0 Å². The Morgan fingerprint density at radius 1 is 1.33 bits per heavy atom. The summed E-state index contributed by atoms with van der Waals surface area (Å²) in [6, 6.07) is 0. The van der Waals surface area contributed by atoms with Crippen molar-refractivity contribution >= 4 is 27.2 Å². The largest absolute Gasteiger partial charge is 0.481 e. The summed E-state index contributed by atoms with van der Waals surface area (Å²) in [5.74, 6) is -3.24. The van der Waals surface area contributed by atoms with Gasteiger partial charge in [-0.3, -0.25) is 14.4 Å². The molecule has 86 valence electrons. The van der Waals surface area contributed by atoms with Gasteiger partial charge in [-0.2, -0.15) is 0 Å². The molecular formula is C8H13O6P. The minimum absolute atomic E-state index is 0.234. The summed E-state index contributed by atoms with van der Waals surface area (Å²) < 4.78 is 4.30. The van der Waals surface area contributed by atoms with E-state index in [9.17, 15) is 14.4 Å². The van der Waals surface area contributed by atoms with Gasteiger partial charge >= 0.3 is 11.9 Å². The monoisotopic (exact) mass is 236 g/mol. The number of carboxylic acid groups (broad SMARTS) is 1. The van der Waals surface area contributed by atoms with Crippen LogP contribution < -0.4 is 0 Å². The minimum Gasteiger partial charge on any atom is -0.481 e. The Morgan fingerprint density at radius 3 is 2.27 bits per heavy atom. The van der Waals surface area contributed by atoms with Gasteiger partial charge in [-0.15, -0.1) is 0 Å². The quantitative estimate of drug-likeness (QED) is 0.617. The van der Waals surface area contributed by atoms with Crippen LogP contribution in [-0.4, -0.2) is 34.0 Å². The van der Waals surface area contributed by atoms with E-state index >= 15 is 0 Å². The fourth-order valence-electron chi connectivity index (χ4n) is 0.917. The second-order valence-electron chi connectivity index (χ2n) is 3.12. The van der Waals surface area contributed by atoms with E-state index in [0.717, 1.165) is 0 Å². The summed E-state index contributed by atoms with van der Waals surface area (Å²) in [5, 5.41) is 17.4. The highest BCUT2D eigenvalue weighted by atomic mass is 31.0. The summed E-state index contributed by atoms with van der Waals surface area (Å²) in [5.41, 5.74) is 0. The number of Topliss-reactive ketones (excluding diaryl/α,β-unsaturated/α-hetero) is 1. The molecule has 1 unspecified atom stereocenters. The molecule has 0 heterocycles. The van der Waals surface area contributed by atoms with Gasteiger partial charge in [0.15, 0.2) is 5.78 Å². The van der Waals surface area contributed by atoms with Crippen molar-refractivity contribution in [3.8, 4) is 0 Å². The molecule has 0 aromatic heterocycles. The topological polar surface area (TPSA) is 101 Å². The standard InChI is InChI=1S/C8H13O6P/c1-4(8(13)14-15)2-5(9)6(10)3-7(11)12/h4,6,10H,2-3,15H2,1H3,(H,11,12)/t4-,6+/m1/s1. The molecular weight excluding hydrogens is 223 g/mol. The first-order valence-electron chi connectivity index (χ1n) is 4.21. The van der Waals surface area contributed by atoms with Crippen LogP contribution in [0.1, 0.15) is 19.8 Å². The molecule has 0 bridgehead atoms. The van der Waals surface area contributed by atoms with E-state index in [2.05, 4.69) is 4.52 Å². The molecule has 0 saturated heterocycles. The first kappa shape index (κ1) is 14.0. The van der Waals surface area contributed by atoms with E-state index in [1.807, 2.05) is 0 Å². The van der Waals surface area contributed by atoms with Gasteiger partial charge in [0.2, 0.25) is 0 Å². The maximum absolute atomic E-state index is 11.2. The van der Waals surface area contributed by atoms with Gasteiger partial charge in [-0.05, 0) is 0 Å². The second kappa shape index (κ2) is 6.48. The predicted octanol–water partition coefficient (Wildman–Crippen LogP) is -0.249. The van der Waals surface area contributed by atoms with Crippen molar-refractivity contribution in [1.29, 1.82) is 0 Å². The number of hydrogen-bond donors (Lipinski definition) is 2. The molecule has 0 aliphatic rings. The first-order valence-corrected chi connectivity index (χ1v) is 4.68. The van der Waals surface area contributed by atoms with Gasteiger partial charge in [0.25, 0.3) is 0 Å². The van der Waals surface area contributed by atoms with E-state index < -0.39 is 36.2 Å². The fraction of sp³-hybridized carbons (Fsp3) is 0.625. The lowest BCUT2D eigenvalue weighted by Gasteiger charge is -2.10. The van der Waals surface area contributed by atoms with Gasteiger partial charge in [-0.25, -0.2) is 0 Å². The van der Waals surface area contributed by atoms with E-state index in [4.69, 9.17) is 10.2 Å². The SMILES string of the molecule is C[C@H](CC(=O)[C@@H](O)CC(=O)O)C(=O)OP. The maximum atomic E-state index is 11.2. The Kier molecular flexibility index (Phi) is 6.05. The van der Waals surface area contributed by atoms with Crippen molar-refractivity contribution in [2.45, 2.75) is 25.9 Å². The van der Waals surface area contributed by atoms with Gasteiger partial charge in [0.05, 0.1) is 21.8 Å². The van der Waals surface area contributed by atoms with Crippen molar-refractivity contribution in [2.75, 3.05) is 0 Å². The Labute approximate surface area is 88.9 Å². The second-order valence-corrected chi connectivity index (χ2v) is 3.36. The lowest BCUT2D eigenvalue weighted by Crippen LogP contribution is -2.27. The Hall–Kier alpha value is -1.000. The maximum Gasteiger partial charge on any atom is 0.311 e. The van der Waals surface area contributed by atoms with Gasteiger partial charge in [0, 0.05) is 6.42 Å². The molecule has 15 heavy (non-hydrogen) atoms. The zero-order valence-electron chi connectivity index (χ0n) is 8.17. The van der Waals surface area contributed by atoms with Crippen LogP contribution in [0.4, 0.5) is 0 Å². The molecule has 0 fully saturated rings. The zero-order valence-corrected chi connectivity index (χ0v) is 9.33. The van der Waals surface area contributed by atoms with E-state index in [1.165, 1.54) is 6.92 Å². The molecule has 7 heteroatoms. The molecule has 6 nitrogen and oxygen atoms in total. The molecule has 3 atom stereocenters. The predicted molar refractivity (Wildman–Crippen MR) is 52.8 cm³/mol. The van der Waals surface area contributed by atoms with Gasteiger partial charge in [0.1, 0.15) is 6.10 Å². The highest BCUT2D eigenvalue weighted by molar-refractivity contribution is 7.10. The minimum atomic E-state index is -1.57. The normalized spacial score (nSPS) is 14.1.